The second kappa shape index (κ2) is 8.25. The average molecular weight is 408 g/mol. The molecule has 0 saturated heterocycles. The molecule has 0 saturated carbocycles. The number of benzene rings is 2. The van der Waals surface area contributed by atoms with E-state index in [-0.39, 0.29) is 11.5 Å². The smallest absolute Gasteiger partial charge is 0.341 e. The lowest BCUT2D eigenvalue weighted by molar-refractivity contribution is -0.123. The van der Waals surface area contributed by atoms with Crippen LogP contribution < -0.4 is 5.32 Å². The van der Waals surface area contributed by atoms with Crippen molar-refractivity contribution in [3.8, 4) is 0 Å². The van der Waals surface area contributed by atoms with Gasteiger partial charge in [0.2, 0.25) is 0 Å². The summed E-state index contributed by atoms with van der Waals surface area (Å²) in [5.74, 6) is -1.84. The molecular formula is C19H19BrFNO3. The van der Waals surface area contributed by atoms with E-state index < -0.39 is 23.8 Å². The minimum atomic E-state index is -1.06. The van der Waals surface area contributed by atoms with Gasteiger partial charge >= 0.3 is 5.97 Å². The van der Waals surface area contributed by atoms with E-state index in [1.54, 1.807) is 6.07 Å². The van der Waals surface area contributed by atoms with Gasteiger partial charge in [-0.3, -0.25) is 4.79 Å². The number of halogens is 2. The van der Waals surface area contributed by atoms with Gasteiger partial charge in [-0.15, -0.1) is 0 Å². The lowest BCUT2D eigenvalue weighted by atomic mass is 10.0. The third kappa shape index (κ3) is 4.89. The molecule has 2 aromatic rings. The number of carbonyl (C=O) groups is 2. The number of hydrogen-bond donors (Lipinski definition) is 1. The molecule has 4 nitrogen and oxygen atoms in total. The van der Waals surface area contributed by atoms with E-state index in [9.17, 15) is 14.0 Å². The summed E-state index contributed by atoms with van der Waals surface area (Å²) >= 11 is 3.12. The SMILES string of the molecule is CC(C)c1ccccc1NC(=O)[C@H](C)OC(=O)c1ccc(Br)cc1F. The molecule has 0 aromatic heterocycles. The second-order valence-corrected chi connectivity index (χ2v) is 6.82. The summed E-state index contributed by atoms with van der Waals surface area (Å²) in [7, 11) is 0. The minimum absolute atomic E-state index is 0.217. The number of ether oxygens (including phenoxy) is 1. The van der Waals surface area contributed by atoms with E-state index in [2.05, 4.69) is 21.2 Å². The van der Waals surface area contributed by atoms with Gasteiger partial charge in [0.05, 0.1) is 5.56 Å². The highest BCUT2D eigenvalue weighted by molar-refractivity contribution is 9.10. The van der Waals surface area contributed by atoms with Gasteiger partial charge in [0.25, 0.3) is 5.91 Å². The third-order valence-electron chi connectivity index (χ3n) is 3.64. The van der Waals surface area contributed by atoms with Crippen LogP contribution in [0.4, 0.5) is 10.1 Å². The zero-order valence-electron chi connectivity index (χ0n) is 14.2. The van der Waals surface area contributed by atoms with Crippen molar-refractivity contribution in [2.45, 2.75) is 32.8 Å². The minimum Gasteiger partial charge on any atom is -0.449 e. The van der Waals surface area contributed by atoms with Crippen LogP contribution >= 0.6 is 15.9 Å². The van der Waals surface area contributed by atoms with Crippen molar-refractivity contribution in [2.75, 3.05) is 5.32 Å². The Morgan fingerprint density at radius 2 is 1.80 bits per heavy atom. The maximum Gasteiger partial charge on any atom is 0.341 e. The van der Waals surface area contributed by atoms with E-state index in [4.69, 9.17) is 4.74 Å². The molecule has 0 aliphatic carbocycles. The molecule has 0 radical (unpaired) electrons. The Bertz CT molecular complexity index is 792. The highest BCUT2D eigenvalue weighted by Gasteiger charge is 2.22. The number of carbonyl (C=O) groups excluding carboxylic acids is 2. The van der Waals surface area contributed by atoms with Crippen LogP contribution in [-0.4, -0.2) is 18.0 Å². The maximum absolute atomic E-state index is 13.8. The maximum atomic E-state index is 13.8. The number of esters is 1. The van der Waals surface area contributed by atoms with Crippen LogP contribution in [0.2, 0.25) is 0 Å². The van der Waals surface area contributed by atoms with Crippen LogP contribution in [0.1, 0.15) is 42.6 Å². The Morgan fingerprint density at radius 1 is 1.12 bits per heavy atom. The van der Waals surface area contributed by atoms with Crippen LogP contribution in [0, 0.1) is 5.82 Å². The molecule has 132 valence electrons. The first-order valence-corrected chi connectivity index (χ1v) is 8.64. The molecule has 0 fully saturated rings. The largest absolute Gasteiger partial charge is 0.449 e. The number of rotatable bonds is 5. The number of hydrogen-bond acceptors (Lipinski definition) is 3. The standard InChI is InChI=1S/C19H19BrFNO3/c1-11(2)14-6-4-5-7-17(14)22-18(23)12(3)25-19(24)15-9-8-13(20)10-16(15)21/h4-12H,1-3H3,(H,22,23)/t12-/m0/s1. The van der Waals surface area contributed by atoms with E-state index in [0.29, 0.717) is 10.2 Å². The van der Waals surface area contributed by atoms with Gasteiger partial charge in [-0.25, -0.2) is 9.18 Å². The van der Waals surface area contributed by atoms with E-state index in [1.165, 1.54) is 25.1 Å². The van der Waals surface area contributed by atoms with Crippen LogP contribution in [0.25, 0.3) is 0 Å². The fraction of sp³-hybridized carbons (Fsp3) is 0.263. The van der Waals surface area contributed by atoms with Crippen LogP contribution in [0.15, 0.2) is 46.9 Å². The lowest BCUT2D eigenvalue weighted by Gasteiger charge is -2.17. The molecule has 0 spiro atoms. The van der Waals surface area contributed by atoms with Crippen LogP contribution in [-0.2, 0) is 9.53 Å². The molecule has 0 unspecified atom stereocenters. The normalized spacial score (nSPS) is 11.9. The second-order valence-electron chi connectivity index (χ2n) is 5.90. The van der Waals surface area contributed by atoms with E-state index in [1.807, 2.05) is 32.0 Å². The Hall–Kier alpha value is -2.21. The van der Waals surface area contributed by atoms with Gasteiger partial charge in [-0.2, -0.15) is 0 Å². The predicted molar refractivity (Wildman–Crippen MR) is 98.1 cm³/mol. The summed E-state index contributed by atoms with van der Waals surface area (Å²) in [6.45, 7) is 5.48. The van der Waals surface area contributed by atoms with Gasteiger partial charge in [0.1, 0.15) is 5.82 Å². The van der Waals surface area contributed by atoms with Crippen molar-refractivity contribution in [1.82, 2.24) is 0 Å². The zero-order chi connectivity index (χ0) is 18.6. The van der Waals surface area contributed by atoms with Gasteiger partial charge in [0, 0.05) is 10.2 Å². The Kier molecular flexibility index (Phi) is 6.31. The van der Waals surface area contributed by atoms with Crippen molar-refractivity contribution < 1.29 is 18.7 Å². The summed E-state index contributed by atoms with van der Waals surface area (Å²) in [4.78, 5) is 24.4. The van der Waals surface area contributed by atoms with Crippen molar-refractivity contribution in [2.24, 2.45) is 0 Å². The molecule has 0 bridgehead atoms. The van der Waals surface area contributed by atoms with Crippen molar-refractivity contribution in [1.29, 1.82) is 0 Å². The lowest BCUT2D eigenvalue weighted by Crippen LogP contribution is -2.30. The van der Waals surface area contributed by atoms with E-state index in [0.717, 1.165) is 5.56 Å². The molecule has 2 aromatic carbocycles. The molecule has 2 rings (SSSR count). The summed E-state index contributed by atoms with van der Waals surface area (Å²) in [6, 6.07) is 11.4. The number of nitrogens with one attached hydrogen (secondary N) is 1. The molecular weight excluding hydrogens is 389 g/mol. The Morgan fingerprint density at radius 3 is 2.44 bits per heavy atom. The third-order valence-corrected chi connectivity index (χ3v) is 4.14. The van der Waals surface area contributed by atoms with Gasteiger partial charge in [0.15, 0.2) is 6.10 Å². The molecule has 1 N–H and O–H groups in total. The molecule has 6 heteroatoms. The quantitative estimate of drug-likeness (QED) is 0.717. The first kappa shape index (κ1) is 19.1. The topological polar surface area (TPSA) is 55.4 Å². The zero-order valence-corrected chi connectivity index (χ0v) is 15.8. The summed E-state index contributed by atoms with van der Waals surface area (Å²) in [5.41, 5.74) is 1.43. The average Bonchev–Trinajstić information content (AvgIpc) is 2.54. The molecule has 0 aliphatic heterocycles. The molecule has 25 heavy (non-hydrogen) atoms. The first-order chi connectivity index (χ1) is 11.8. The molecule has 0 aliphatic rings. The van der Waals surface area contributed by atoms with Crippen molar-refractivity contribution in [3.05, 3.63) is 63.9 Å². The Balaban J connectivity index is 2.07. The fourth-order valence-electron chi connectivity index (χ4n) is 2.28. The van der Waals surface area contributed by atoms with Gasteiger partial charge in [-0.1, -0.05) is 48.0 Å². The number of para-hydroxylation sites is 1. The number of anilines is 1. The molecule has 1 atom stereocenters. The van der Waals surface area contributed by atoms with Crippen molar-refractivity contribution >= 4 is 33.5 Å². The highest BCUT2D eigenvalue weighted by Crippen LogP contribution is 2.24. The Labute approximate surface area is 154 Å². The van der Waals surface area contributed by atoms with Crippen LogP contribution in [0.3, 0.4) is 0 Å². The predicted octanol–water partition coefficient (Wildman–Crippen LogP) is 4.90. The van der Waals surface area contributed by atoms with E-state index >= 15 is 0 Å². The number of amides is 1. The van der Waals surface area contributed by atoms with Gasteiger partial charge < -0.3 is 10.1 Å². The summed E-state index contributed by atoms with van der Waals surface area (Å²) in [6.07, 6.45) is -1.06. The van der Waals surface area contributed by atoms with Crippen LogP contribution in [0.5, 0.6) is 0 Å². The summed E-state index contributed by atoms with van der Waals surface area (Å²) < 4.78 is 19.4. The monoisotopic (exact) mass is 407 g/mol. The highest BCUT2D eigenvalue weighted by atomic mass is 79.9. The summed E-state index contributed by atoms with van der Waals surface area (Å²) in [5, 5.41) is 2.75. The van der Waals surface area contributed by atoms with Crippen molar-refractivity contribution in [3.63, 3.8) is 0 Å². The molecule has 1 amide bonds. The first-order valence-electron chi connectivity index (χ1n) is 7.85. The van der Waals surface area contributed by atoms with Gasteiger partial charge in [-0.05, 0) is 42.7 Å². The fourth-order valence-corrected chi connectivity index (χ4v) is 2.61. The molecule has 0 heterocycles.